The Morgan fingerprint density at radius 2 is 2.00 bits per heavy atom. The van der Waals surface area contributed by atoms with E-state index in [1.165, 1.54) is 25.7 Å². The van der Waals surface area contributed by atoms with Crippen LogP contribution < -0.4 is 15.8 Å². The van der Waals surface area contributed by atoms with Crippen molar-refractivity contribution in [2.24, 2.45) is 11.7 Å². The van der Waals surface area contributed by atoms with E-state index in [-0.39, 0.29) is 42.4 Å². The molecule has 0 aliphatic heterocycles. The first-order chi connectivity index (χ1) is 12.5. The van der Waals surface area contributed by atoms with E-state index in [0.717, 1.165) is 25.7 Å². The lowest BCUT2D eigenvalue weighted by molar-refractivity contribution is 0.0915. The molecule has 0 spiro atoms. The molecule has 27 heavy (non-hydrogen) atoms. The Balaban J connectivity index is 0.00000364. The highest BCUT2D eigenvalue weighted by atomic mass is 35.5. The van der Waals surface area contributed by atoms with Crippen LogP contribution in [0.2, 0.25) is 0 Å². The maximum atomic E-state index is 12.6. The fraction of sp³-hybridized carbons (Fsp3) is 0.611. The molecule has 1 amide bonds. The number of nitrogens with two attached hydrogens (primary N) is 1. The maximum absolute atomic E-state index is 12.6. The predicted molar refractivity (Wildman–Crippen MR) is 108 cm³/mol. The summed E-state index contributed by atoms with van der Waals surface area (Å²) in [5, 5.41) is 2.98. The lowest BCUT2D eigenvalue weighted by Gasteiger charge is -2.30. The number of benzene rings is 1. The van der Waals surface area contributed by atoms with Crippen LogP contribution >= 0.6 is 12.4 Å². The van der Waals surface area contributed by atoms with Crippen molar-refractivity contribution in [3.63, 3.8) is 0 Å². The molecule has 1 saturated carbocycles. The van der Waals surface area contributed by atoms with Gasteiger partial charge in [-0.05, 0) is 37.0 Å². The van der Waals surface area contributed by atoms with Crippen molar-refractivity contribution in [3.8, 4) is 0 Å². The van der Waals surface area contributed by atoms with Crippen LogP contribution in [0.25, 0.3) is 0 Å². The van der Waals surface area contributed by atoms with Gasteiger partial charge >= 0.3 is 0 Å². The second-order valence-corrected chi connectivity index (χ2v) is 8.40. The smallest absolute Gasteiger partial charge is 0.251 e. The van der Waals surface area contributed by atoms with Gasteiger partial charge in [0.15, 0.2) is 0 Å². The average Bonchev–Trinajstić information content (AvgIpc) is 2.67. The molecular weight excluding hydrogens is 390 g/mol. The first-order valence-corrected chi connectivity index (χ1v) is 10.6. The first kappa shape index (κ1) is 23.8. The molecule has 1 aromatic carbocycles. The van der Waals surface area contributed by atoms with Gasteiger partial charge in [-0.2, -0.15) is 0 Å². The van der Waals surface area contributed by atoms with Crippen LogP contribution in [0, 0.1) is 5.92 Å². The summed E-state index contributed by atoms with van der Waals surface area (Å²) in [5.74, 6) is 0.0975. The lowest BCUT2D eigenvalue weighted by atomic mass is 9.84. The number of carbonyl (C=O) groups excluding carboxylic acids is 1. The van der Waals surface area contributed by atoms with Crippen LogP contribution in [0.1, 0.15) is 42.5 Å². The number of nitrogens with one attached hydrogen (secondary N) is 2. The van der Waals surface area contributed by atoms with Crippen LogP contribution in [0.15, 0.2) is 29.2 Å². The molecule has 1 unspecified atom stereocenters. The Hall–Kier alpha value is -1.19. The van der Waals surface area contributed by atoms with E-state index in [0.29, 0.717) is 18.0 Å². The molecule has 9 heteroatoms. The van der Waals surface area contributed by atoms with Crippen molar-refractivity contribution < 1.29 is 17.9 Å². The molecule has 0 saturated heterocycles. The highest BCUT2D eigenvalue weighted by Gasteiger charge is 2.25. The van der Waals surface area contributed by atoms with Crippen LogP contribution in [0.5, 0.6) is 0 Å². The summed E-state index contributed by atoms with van der Waals surface area (Å²) in [6, 6.07) is 5.95. The van der Waals surface area contributed by atoms with Crippen molar-refractivity contribution in [2.75, 3.05) is 26.8 Å². The number of amides is 1. The van der Waals surface area contributed by atoms with E-state index in [2.05, 4.69) is 10.0 Å². The molecule has 1 fully saturated rings. The second-order valence-electron chi connectivity index (χ2n) is 6.63. The molecule has 154 valence electrons. The van der Waals surface area contributed by atoms with Gasteiger partial charge in [-0.15, -0.1) is 12.4 Å². The molecule has 7 nitrogen and oxygen atoms in total. The van der Waals surface area contributed by atoms with Crippen LogP contribution in [0.4, 0.5) is 0 Å². The van der Waals surface area contributed by atoms with Crippen LogP contribution in [-0.4, -0.2) is 47.2 Å². The number of carbonyl (C=O) groups is 1. The van der Waals surface area contributed by atoms with Crippen molar-refractivity contribution >= 4 is 28.3 Å². The highest BCUT2D eigenvalue weighted by Crippen LogP contribution is 2.26. The first-order valence-electron chi connectivity index (χ1n) is 9.07. The van der Waals surface area contributed by atoms with Gasteiger partial charge in [0, 0.05) is 31.8 Å². The number of hydrogen-bond donors (Lipinski definition) is 3. The molecule has 4 N–H and O–H groups in total. The normalized spacial score (nSPS) is 16.4. The minimum Gasteiger partial charge on any atom is -0.383 e. The number of rotatable bonds is 9. The van der Waals surface area contributed by atoms with Gasteiger partial charge in [0.1, 0.15) is 0 Å². The number of ether oxygens (including phenoxy) is 1. The van der Waals surface area contributed by atoms with Crippen LogP contribution in [-0.2, 0) is 14.8 Å². The van der Waals surface area contributed by atoms with E-state index >= 15 is 0 Å². The molecule has 1 aromatic rings. The molecular formula is C18H30ClN3O4S. The molecule has 0 bridgehead atoms. The van der Waals surface area contributed by atoms with Gasteiger partial charge < -0.3 is 15.8 Å². The minimum atomic E-state index is -3.68. The molecule has 1 aliphatic rings. The quantitative estimate of drug-likeness (QED) is 0.527. The summed E-state index contributed by atoms with van der Waals surface area (Å²) in [4.78, 5) is 12.7. The zero-order valence-electron chi connectivity index (χ0n) is 15.6. The van der Waals surface area contributed by atoms with Crippen molar-refractivity contribution in [1.82, 2.24) is 10.0 Å². The Labute approximate surface area is 167 Å². The third-order valence-corrected chi connectivity index (χ3v) is 6.25. The minimum absolute atomic E-state index is 0. The third kappa shape index (κ3) is 7.04. The fourth-order valence-corrected chi connectivity index (χ4v) is 4.38. The number of halogens is 1. The SMILES string of the molecule is COCCNS(=O)(=O)c1cccc(C(=O)NC(CN)C2CCCCC2)c1.Cl. The monoisotopic (exact) mass is 419 g/mol. The second kappa shape index (κ2) is 11.6. The van der Waals surface area contributed by atoms with Crippen molar-refractivity contribution in [2.45, 2.75) is 43.0 Å². The van der Waals surface area contributed by atoms with Crippen LogP contribution in [0.3, 0.4) is 0 Å². The molecule has 1 atom stereocenters. The highest BCUT2D eigenvalue weighted by molar-refractivity contribution is 7.89. The summed E-state index contributed by atoms with van der Waals surface area (Å²) in [6.45, 7) is 0.831. The summed E-state index contributed by atoms with van der Waals surface area (Å²) in [5.41, 5.74) is 6.18. The molecule has 0 radical (unpaired) electrons. The summed E-state index contributed by atoms with van der Waals surface area (Å²) in [6.07, 6.45) is 5.70. The molecule has 0 heterocycles. The van der Waals surface area contributed by atoms with Gasteiger partial charge in [-0.25, -0.2) is 13.1 Å². The van der Waals surface area contributed by atoms with Crippen molar-refractivity contribution in [1.29, 1.82) is 0 Å². The maximum Gasteiger partial charge on any atom is 0.251 e. The van der Waals surface area contributed by atoms with Gasteiger partial charge in [0.05, 0.1) is 11.5 Å². The van der Waals surface area contributed by atoms with E-state index in [1.807, 2.05) is 0 Å². The zero-order valence-corrected chi connectivity index (χ0v) is 17.3. The van der Waals surface area contributed by atoms with E-state index in [9.17, 15) is 13.2 Å². The fourth-order valence-electron chi connectivity index (χ4n) is 3.32. The van der Waals surface area contributed by atoms with Gasteiger partial charge in [-0.1, -0.05) is 25.3 Å². The van der Waals surface area contributed by atoms with E-state index in [1.54, 1.807) is 12.1 Å². The largest absolute Gasteiger partial charge is 0.383 e. The number of sulfonamides is 1. The number of hydrogen-bond acceptors (Lipinski definition) is 5. The molecule has 1 aliphatic carbocycles. The zero-order chi connectivity index (χ0) is 19.0. The Morgan fingerprint density at radius 1 is 1.30 bits per heavy atom. The summed E-state index contributed by atoms with van der Waals surface area (Å²) < 4.78 is 31.9. The average molecular weight is 420 g/mol. The summed E-state index contributed by atoms with van der Waals surface area (Å²) >= 11 is 0. The summed E-state index contributed by atoms with van der Waals surface area (Å²) in [7, 11) is -2.18. The third-order valence-electron chi connectivity index (χ3n) is 4.79. The van der Waals surface area contributed by atoms with Gasteiger partial charge in [0.25, 0.3) is 5.91 Å². The topological polar surface area (TPSA) is 111 Å². The predicted octanol–water partition coefficient (Wildman–Crippen LogP) is 1.67. The Bertz CT molecular complexity index is 694. The van der Waals surface area contributed by atoms with E-state index < -0.39 is 10.0 Å². The van der Waals surface area contributed by atoms with E-state index in [4.69, 9.17) is 10.5 Å². The Morgan fingerprint density at radius 3 is 2.63 bits per heavy atom. The van der Waals surface area contributed by atoms with Crippen molar-refractivity contribution in [3.05, 3.63) is 29.8 Å². The Kier molecular flexibility index (Phi) is 10.3. The lowest BCUT2D eigenvalue weighted by Crippen LogP contribution is -2.45. The molecule has 0 aromatic heterocycles. The number of methoxy groups -OCH3 is 1. The standard InChI is InChI=1S/C18H29N3O4S.ClH/c1-25-11-10-20-26(23,24)16-9-5-8-15(12-16)18(22)21-17(13-19)14-6-3-2-4-7-14;/h5,8-9,12,14,17,20H,2-4,6-7,10-11,13,19H2,1H3,(H,21,22);1H. The van der Waals surface area contributed by atoms with Gasteiger partial charge in [0.2, 0.25) is 10.0 Å². The molecule has 2 rings (SSSR count). The van der Waals surface area contributed by atoms with Gasteiger partial charge in [-0.3, -0.25) is 4.79 Å².